The Morgan fingerprint density at radius 2 is 1.50 bits per heavy atom. The Morgan fingerprint density at radius 1 is 0.808 bits per heavy atom. The van der Waals surface area contributed by atoms with Gasteiger partial charge >= 0.3 is 9.76 Å². The van der Waals surface area contributed by atoms with E-state index < -0.39 is 0 Å². The van der Waals surface area contributed by atoms with Crippen molar-refractivity contribution < 1.29 is 19.5 Å². The van der Waals surface area contributed by atoms with Gasteiger partial charge in [-0.05, 0) is 30.3 Å². The minimum Gasteiger partial charge on any atom is -0.533 e. The molecule has 0 unspecified atom stereocenters. The molecule has 1 aliphatic heterocycles. The van der Waals surface area contributed by atoms with Gasteiger partial charge in [-0.15, -0.1) is 0 Å². The summed E-state index contributed by atoms with van der Waals surface area (Å²) in [7, 11) is -0.0329. The van der Waals surface area contributed by atoms with E-state index in [1.165, 1.54) is 0 Å². The van der Waals surface area contributed by atoms with E-state index in [9.17, 15) is 10.2 Å². The first-order chi connectivity index (χ1) is 12.7. The molecule has 6 heteroatoms. The number of nitrogens with one attached hydrogen (secondary N) is 1. The molecule has 26 heavy (non-hydrogen) atoms. The molecule has 1 aliphatic rings. The van der Waals surface area contributed by atoms with Gasteiger partial charge in [-0.25, -0.2) is 5.48 Å². The summed E-state index contributed by atoms with van der Waals surface area (Å²) in [4.78, 5) is 5.09. The first-order valence-electron chi connectivity index (χ1n) is 7.91. The van der Waals surface area contributed by atoms with Crippen LogP contribution >= 0.6 is 0 Å². The van der Waals surface area contributed by atoms with E-state index in [1.807, 2.05) is 36.4 Å². The summed E-state index contributed by atoms with van der Waals surface area (Å²) in [6, 6.07) is 21.6. The number of hydrogen-bond donors (Lipinski definition) is 3. The first kappa shape index (κ1) is 17.4. The number of hydroxylamine groups is 1. The van der Waals surface area contributed by atoms with Crippen LogP contribution in [-0.4, -0.2) is 20.0 Å². The molecule has 1 heterocycles. The minimum absolute atomic E-state index is 0.0329. The molecule has 0 fully saturated rings. The van der Waals surface area contributed by atoms with Gasteiger partial charge in [-0.3, -0.25) is 0 Å². The Bertz CT molecular complexity index is 853. The fourth-order valence-corrected chi connectivity index (χ4v) is 2.89. The molecular formula is C20H17NO4Si. The molecule has 0 amide bonds. The van der Waals surface area contributed by atoms with Crippen LogP contribution in [0.25, 0.3) is 6.08 Å². The van der Waals surface area contributed by atoms with E-state index >= 15 is 0 Å². The normalized spacial score (nSPS) is 11.2. The van der Waals surface area contributed by atoms with Crippen LogP contribution in [0.5, 0.6) is 23.0 Å². The summed E-state index contributed by atoms with van der Waals surface area (Å²) in [5, 5.41) is 19.7. The second kappa shape index (κ2) is 8.64. The minimum atomic E-state index is -0.0329. The van der Waals surface area contributed by atoms with E-state index in [0.29, 0.717) is 10.9 Å². The van der Waals surface area contributed by atoms with Crippen molar-refractivity contribution in [1.29, 1.82) is 0 Å². The van der Waals surface area contributed by atoms with Gasteiger partial charge in [0.1, 0.15) is 11.5 Å². The highest BCUT2D eigenvalue weighted by Crippen LogP contribution is 2.24. The SMILES string of the molecule is C1=Cc2ccccc2ON1.Oc1ccccc1O[Si]c1ccccc1O. The first-order valence-corrected chi connectivity index (χ1v) is 8.81. The highest BCUT2D eigenvalue weighted by molar-refractivity contribution is 6.49. The lowest BCUT2D eigenvalue weighted by Crippen LogP contribution is -2.20. The van der Waals surface area contributed by atoms with E-state index in [-0.39, 0.29) is 21.3 Å². The third kappa shape index (κ3) is 4.58. The molecule has 130 valence electrons. The molecule has 0 saturated heterocycles. The molecule has 3 N–H and O–H groups in total. The Balaban J connectivity index is 0.000000167. The van der Waals surface area contributed by atoms with Gasteiger partial charge in [0.2, 0.25) is 0 Å². The molecule has 3 aromatic rings. The quantitative estimate of drug-likeness (QED) is 0.624. The zero-order valence-corrected chi connectivity index (χ0v) is 14.8. The van der Waals surface area contributed by atoms with Gasteiger partial charge in [-0.2, -0.15) is 0 Å². The second-order valence-electron chi connectivity index (χ2n) is 5.28. The molecule has 0 aromatic heterocycles. The zero-order valence-electron chi connectivity index (χ0n) is 13.8. The van der Waals surface area contributed by atoms with Crippen molar-refractivity contribution in [2.45, 2.75) is 0 Å². The lowest BCUT2D eigenvalue weighted by atomic mass is 10.2. The summed E-state index contributed by atoms with van der Waals surface area (Å²) >= 11 is 0. The van der Waals surface area contributed by atoms with Crippen LogP contribution < -0.4 is 19.9 Å². The molecule has 4 rings (SSSR count). The third-order valence-electron chi connectivity index (χ3n) is 3.46. The topological polar surface area (TPSA) is 71.0 Å². The molecular weight excluding hydrogens is 346 g/mol. The number of aromatic hydroxyl groups is 2. The number of para-hydroxylation sites is 4. The van der Waals surface area contributed by atoms with Crippen LogP contribution in [-0.2, 0) is 0 Å². The van der Waals surface area contributed by atoms with Gasteiger partial charge < -0.3 is 19.5 Å². The summed E-state index contributed by atoms with van der Waals surface area (Å²) in [5.74, 6) is 1.61. The average molecular weight is 363 g/mol. The maximum absolute atomic E-state index is 9.52. The second-order valence-corrected chi connectivity index (χ2v) is 6.23. The van der Waals surface area contributed by atoms with Crippen LogP contribution in [0.4, 0.5) is 0 Å². The number of rotatable bonds is 3. The lowest BCUT2D eigenvalue weighted by molar-refractivity contribution is 0.239. The van der Waals surface area contributed by atoms with E-state index in [2.05, 4.69) is 5.48 Å². The maximum Gasteiger partial charge on any atom is 0.355 e. The Kier molecular flexibility index (Phi) is 5.79. The predicted molar refractivity (Wildman–Crippen MR) is 101 cm³/mol. The highest BCUT2D eigenvalue weighted by Gasteiger charge is 2.06. The van der Waals surface area contributed by atoms with Crippen molar-refractivity contribution in [3.05, 3.63) is 84.6 Å². The van der Waals surface area contributed by atoms with Gasteiger partial charge in [0.15, 0.2) is 11.5 Å². The van der Waals surface area contributed by atoms with Gasteiger partial charge in [-0.1, -0.05) is 48.5 Å². The molecule has 2 radical (unpaired) electrons. The van der Waals surface area contributed by atoms with Crippen LogP contribution in [0.15, 0.2) is 79.0 Å². The number of phenols is 2. The highest BCUT2D eigenvalue weighted by atomic mass is 28.2. The van der Waals surface area contributed by atoms with Crippen LogP contribution in [0.3, 0.4) is 0 Å². The van der Waals surface area contributed by atoms with Crippen molar-refractivity contribution >= 4 is 21.0 Å². The molecule has 5 nitrogen and oxygen atoms in total. The Morgan fingerprint density at radius 3 is 2.27 bits per heavy atom. The number of fused-ring (bicyclic) bond motifs is 1. The summed E-state index contributed by atoms with van der Waals surface area (Å²) in [6.07, 6.45) is 3.74. The molecule has 0 spiro atoms. The third-order valence-corrected chi connectivity index (χ3v) is 4.42. The summed E-state index contributed by atoms with van der Waals surface area (Å²) < 4.78 is 5.42. The van der Waals surface area contributed by atoms with Crippen molar-refractivity contribution in [3.63, 3.8) is 0 Å². The van der Waals surface area contributed by atoms with E-state index in [0.717, 1.165) is 11.3 Å². The smallest absolute Gasteiger partial charge is 0.355 e. The standard InChI is InChI=1S/C12H10O3Si.C8H7NO/c13-9-5-1-3-7-11(9)15-16-12-8-4-2-6-10(12)14;1-2-4-8-7(3-1)5-6-9-10-8/h1-8,13-14H;1-6,9H. The summed E-state index contributed by atoms with van der Waals surface area (Å²) in [6.45, 7) is 0. The van der Waals surface area contributed by atoms with E-state index in [1.54, 1.807) is 48.7 Å². The van der Waals surface area contributed by atoms with E-state index in [4.69, 9.17) is 9.26 Å². The van der Waals surface area contributed by atoms with Crippen molar-refractivity contribution in [3.8, 4) is 23.0 Å². The largest absolute Gasteiger partial charge is 0.533 e. The molecule has 0 saturated carbocycles. The fraction of sp³-hybridized carbons (Fsp3) is 0. The molecule has 3 aromatic carbocycles. The van der Waals surface area contributed by atoms with Crippen LogP contribution in [0.1, 0.15) is 5.56 Å². The predicted octanol–water partition coefficient (Wildman–Crippen LogP) is 2.98. The van der Waals surface area contributed by atoms with Crippen LogP contribution in [0, 0.1) is 0 Å². The number of phenolic OH excluding ortho intramolecular Hbond substituents is 2. The fourth-order valence-electron chi connectivity index (χ4n) is 2.15. The Labute approximate surface area is 154 Å². The Hall–Kier alpha value is -3.38. The van der Waals surface area contributed by atoms with Crippen molar-refractivity contribution in [1.82, 2.24) is 5.48 Å². The lowest BCUT2D eigenvalue weighted by Gasteiger charge is -2.11. The van der Waals surface area contributed by atoms with Crippen molar-refractivity contribution in [2.24, 2.45) is 0 Å². The monoisotopic (exact) mass is 363 g/mol. The van der Waals surface area contributed by atoms with Crippen molar-refractivity contribution in [2.75, 3.05) is 0 Å². The molecule has 0 bridgehead atoms. The molecule has 0 atom stereocenters. The van der Waals surface area contributed by atoms with Gasteiger partial charge in [0, 0.05) is 17.0 Å². The van der Waals surface area contributed by atoms with Gasteiger partial charge in [0.25, 0.3) is 0 Å². The van der Waals surface area contributed by atoms with Gasteiger partial charge in [0.05, 0.1) is 0 Å². The summed E-state index contributed by atoms with van der Waals surface area (Å²) in [5.41, 5.74) is 3.77. The average Bonchev–Trinajstić information content (AvgIpc) is 2.69. The number of benzene rings is 3. The zero-order chi connectivity index (χ0) is 18.2. The number of hydrogen-bond acceptors (Lipinski definition) is 5. The molecule has 0 aliphatic carbocycles. The van der Waals surface area contributed by atoms with Crippen LogP contribution in [0.2, 0.25) is 0 Å². The maximum atomic E-state index is 9.52.